The highest BCUT2D eigenvalue weighted by molar-refractivity contribution is 7.87. The van der Waals surface area contributed by atoms with Crippen LogP contribution in [0.15, 0.2) is 0 Å². The molecule has 0 aliphatic rings. The van der Waals surface area contributed by atoms with E-state index in [1.807, 2.05) is 6.07 Å². The van der Waals surface area contributed by atoms with Gasteiger partial charge < -0.3 is 4.74 Å². The van der Waals surface area contributed by atoms with Crippen LogP contribution in [0.4, 0.5) is 0 Å². The Morgan fingerprint density at radius 3 is 2.64 bits per heavy atom. The van der Waals surface area contributed by atoms with Gasteiger partial charge in [-0.15, -0.1) is 0 Å². The molecule has 0 saturated carbocycles. The van der Waals surface area contributed by atoms with E-state index >= 15 is 0 Å². The average Bonchev–Trinajstić information content (AvgIpc) is 2.14. The largest absolute Gasteiger partial charge is 0.383 e. The van der Waals surface area contributed by atoms with Crippen molar-refractivity contribution in [1.29, 1.82) is 5.26 Å². The van der Waals surface area contributed by atoms with Crippen molar-refractivity contribution in [2.45, 2.75) is 6.92 Å². The maximum atomic E-state index is 11.1. The molecule has 0 aromatic carbocycles. The van der Waals surface area contributed by atoms with Crippen molar-refractivity contribution in [3.63, 3.8) is 0 Å². The van der Waals surface area contributed by atoms with Crippen LogP contribution in [0, 0.1) is 17.2 Å². The summed E-state index contributed by atoms with van der Waals surface area (Å²) in [5, 5.41) is 8.42. The van der Waals surface area contributed by atoms with Gasteiger partial charge in [0.05, 0.1) is 18.6 Å². The first-order valence-electron chi connectivity index (χ1n) is 4.14. The van der Waals surface area contributed by atoms with Gasteiger partial charge in [-0.1, -0.05) is 0 Å². The van der Waals surface area contributed by atoms with Crippen molar-refractivity contribution in [2.75, 3.05) is 26.8 Å². The van der Waals surface area contributed by atoms with E-state index in [0.29, 0.717) is 6.61 Å². The second-order valence-electron chi connectivity index (χ2n) is 2.77. The maximum Gasteiger partial charge on any atom is 0.277 e. The summed E-state index contributed by atoms with van der Waals surface area (Å²) in [5.74, 6) is -0.339. The molecule has 0 aliphatic carbocycles. The Morgan fingerprint density at radius 2 is 2.14 bits per heavy atom. The zero-order valence-corrected chi connectivity index (χ0v) is 9.10. The fourth-order valence-electron chi connectivity index (χ4n) is 0.609. The van der Waals surface area contributed by atoms with E-state index in [0.717, 1.165) is 0 Å². The molecule has 1 unspecified atom stereocenters. The van der Waals surface area contributed by atoms with Crippen LogP contribution in [0.2, 0.25) is 0 Å². The minimum absolute atomic E-state index is 0.110. The van der Waals surface area contributed by atoms with E-state index in [9.17, 15) is 8.42 Å². The molecule has 0 rings (SSSR count). The normalized spacial score (nSPS) is 13.5. The molecule has 0 bridgehead atoms. The van der Waals surface area contributed by atoms with Gasteiger partial charge in [-0.3, -0.25) is 0 Å². The summed E-state index contributed by atoms with van der Waals surface area (Å²) in [6, 6.07) is 1.93. The van der Waals surface area contributed by atoms with Crippen LogP contribution in [0.3, 0.4) is 0 Å². The van der Waals surface area contributed by atoms with Crippen molar-refractivity contribution in [3.8, 4) is 6.07 Å². The van der Waals surface area contributed by atoms with E-state index in [2.05, 4.69) is 14.2 Å². The lowest BCUT2D eigenvalue weighted by atomic mass is 10.2. The highest BCUT2D eigenvalue weighted by Gasteiger charge is 2.09. The third-order valence-electron chi connectivity index (χ3n) is 1.40. The molecule has 0 amide bonds. The number of rotatable bonds is 7. The first-order chi connectivity index (χ1) is 6.52. The Morgan fingerprint density at radius 1 is 1.50 bits per heavy atom. The second kappa shape index (κ2) is 6.73. The molecule has 0 fully saturated rings. The molecular weight excluding hydrogens is 206 g/mol. The monoisotopic (exact) mass is 221 g/mol. The molecule has 2 N–H and O–H groups in total. The molecule has 6 nitrogen and oxygen atoms in total. The molecule has 0 aliphatic heterocycles. The predicted octanol–water partition coefficient (Wildman–Crippen LogP) is -0.784. The number of methoxy groups -OCH3 is 1. The number of hydrogen-bond acceptors (Lipinski definition) is 4. The van der Waals surface area contributed by atoms with Gasteiger partial charge in [0.15, 0.2) is 0 Å². The van der Waals surface area contributed by atoms with Crippen LogP contribution in [-0.2, 0) is 14.9 Å². The smallest absolute Gasteiger partial charge is 0.277 e. The molecule has 0 aromatic rings. The summed E-state index contributed by atoms with van der Waals surface area (Å²) >= 11 is 0. The van der Waals surface area contributed by atoms with Gasteiger partial charge in [-0.25, -0.2) is 4.72 Å². The van der Waals surface area contributed by atoms with E-state index in [1.54, 1.807) is 6.92 Å². The quantitative estimate of drug-likeness (QED) is 0.551. The van der Waals surface area contributed by atoms with E-state index in [4.69, 9.17) is 5.26 Å². The molecule has 0 aromatic heterocycles. The number of ether oxygens (including phenoxy) is 1. The van der Waals surface area contributed by atoms with Crippen LogP contribution in [0.25, 0.3) is 0 Å². The fraction of sp³-hybridized carbons (Fsp3) is 0.857. The molecule has 0 saturated heterocycles. The lowest BCUT2D eigenvalue weighted by Gasteiger charge is -2.08. The van der Waals surface area contributed by atoms with Gasteiger partial charge in [0.1, 0.15) is 0 Å². The fourth-order valence-corrected chi connectivity index (χ4v) is 1.53. The van der Waals surface area contributed by atoms with Gasteiger partial charge in [0, 0.05) is 20.2 Å². The SMILES string of the molecule is COCCNS(=O)(=O)NCC(C)C#N. The molecule has 14 heavy (non-hydrogen) atoms. The van der Waals surface area contributed by atoms with Gasteiger partial charge in [0.2, 0.25) is 0 Å². The van der Waals surface area contributed by atoms with Crippen LogP contribution < -0.4 is 9.44 Å². The lowest BCUT2D eigenvalue weighted by Crippen LogP contribution is -2.39. The molecule has 1 atom stereocenters. The minimum Gasteiger partial charge on any atom is -0.383 e. The van der Waals surface area contributed by atoms with Gasteiger partial charge >= 0.3 is 0 Å². The van der Waals surface area contributed by atoms with Crippen LogP contribution in [0.1, 0.15) is 6.92 Å². The molecule has 82 valence electrons. The first-order valence-corrected chi connectivity index (χ1v) is 5.63. The van der Waals surface area contributed by atoms with Crippen LogP contribution in [-0.4, -0.2) is 35.2 Å². The Balaban J connectivity index is 3.80. The molecule has 0 heterocycles. The minimum atomic E-state index is -3.49. The van der Waals surface area contributed by atoms with Crippen molar-refractivity contribution >= 4 is 10.2 Å². The number of hydrogen-bond donors (Lipinski definition) is 2. The Hall–Kier alpha value is -0.680. The summed E-state index contributed by atoms with van der Waals surface area (Å²) in [4.78, 5) is 0. The standard InChI is InChI=1S/C7H15N3O3S/c1-7(5-8)6-10-14(11,12)9-3-4-13-2/h7,9-10H,3-4,6H2,1-2H3. The summed E-state index contributed by atoms with van der Waals surface area (Å²) in [7, 11) is -2.00. The molecular formula is C7H15N3O3S. The third kappa shape index (κ3) is 6.80. The molecule has 0 spiro atoms. The average molecular weight is 221 g/mol. The van der Waals surface area contributed by atoms with Crippen molar-refractivity contribution < 1.29 is 13.2 Å². The zero-order valence-electron chi connectivity index (χ0n) is 8.28. The highest BCUT2D eigenvalue weighted by atomic mass is 32.2. The zero-order chi connectivity index (χ0) is 11.0. The number of nitrogens with one attached hydrogen (secondary N) is 2. The Kier molecular flexibility index (Phi) is 6.40. The summed E-state index contributed by atoms with van der Waals surface area (Å²) < 4.78 is 31.5. The van der Waals surface area contributed by atoms with Gasteiger partial charge in [-0.05, 0) is 6.92 Å². The predicted molar refractivity (Wildman–Crippen MR) is 51.6 cm³/mol. The maximum absolute atomic E-state index is 11.1. The van der Waals surface area contributed by atoms with Crippen LogP contribution in [0.5, 0.6) is 0 Å². The van der Waals surface area contributed by atoms with E-state index < -0.39 is 10.2 Å². The van der Waals surface area contributed by atoms with Crippen LogP contribution >= 0.6 is 0 Å². The Bertz CT molecular complexity index is 283. The van der Waals surface area contributed by atoms with Crippen molar-refractivity contribution in [1.82, 2.24) is 9.44 Å². The molecule has 0 radical (unpaired) electrons. The topological polar surface area (TPSA) is 91.2 Å². The van der Waals surface area contributed by atoms with E-state index in [1.165, 1.54) is 7.11 Å². The number of nitrogens with zero attached hydrogens (tertiary/aromatic N) is 1. The summed E-state index contributed by atoms with van der Waals surface area (Å²) in [5.41, 5.74) is 0. The second-order valence-corrected chi connectivity index (χ2v) is 4.35. The first kappa shape index (κ1) is 13.3. The third-order valence-corrected chi connectivity index (χ3v) is 2.53. The summed E-state index contributed by atoms with van der Waals surface area (Å²) in [6.07, 6.45) is 0. The molecule has 7 heteroatoms. The lowest BCUT2D eigenvalue weighted by molar-refractivity contribution is 0.204. The van der Waals surface area contributed by atoms with Crippen molar-refractivity contribution in [2.24, 2.45) is 5.92 Å². The van der Waals surface area contributed by atoms with Gasteiger partial charge in [-0.2, -0.15) is 18.4 Å². The van der Waals surface area contributed by atoms with Crippen molar-refractivity contribution in [3.05, 3.63) is 0 Å². The Labute approximate surface area is 84.4 Å². The highest BCUT2D eigenvalue weighted by Crippen LogP contribution is 1.89. The summed E-state index contributed by atoms with van der Waals surface area (Å²) in [6.45, 7) is 2.28. The van der Waals surface area contributed by atoms with Gasteiger partial charge in [0.25, 0.3) is 10.2 Å². The van der Waals surface area contributed by atoms with E-state index in [-0.39, 0.29) is 19.0 Å². The number of nitriles is 1.